The summed E-state index contributed by atoms with van der Waals surface area (Å²) in [6.45, 7) is 4.10. The number of rotatable bonds is 8. The van der Waals surface area contributed by atoms with Crippen LogP contribution in [-0.4, -0.2) is 33.7 Å². The summed E-state index contributed by atoms with van der Waals surface area (Å²) in [5.41, 5.74) is 0. The Labute approximate surface area is 111 Å². The average molecular weight is 269 g/mol. The molecule has 0 radical (unpaired) electrons. The summed E-state index contributed by atoms with van der Waals surface area (Å²) in [6.07, 6.45) is 2.43. The van der Waals surface area contributed by atoms with Crippen LogP contribution in [0.5, 0.6) is 0 Å². The van der Waals surface area contributed by atoms with Crippen LogP contribution in [0.4, 0.5) is 0 Å². The lowest BCUT2D eigenvalue weighted by molar-refractivity contribution is -0.137. The zero-order valence-electron chi connectivity index (χ0n) is 11.2. The molecule has 106 valence electrons. The summed E-state index contributed by atoms with van der Waals surface area (Å²) >= 11 is 0. The van der Waals surface area contributed by atoms with E-state index in [1.807, 2.05) is 6.92 Å². The topological polar surface area (TPSA) is 105 Å². The predicted octanol–water partition coefficient (Wildman–Crippen LogP) is 1.39. The van der Waals surface area contributed by atoms with Crippen LogP contribution < -0.4 is 5.32 Å². The van der Waals surface area contributed by atoms with E-state index < -0.39 is 5.97 Å². The zero-order valence-corrected chi connectivity index (χ0v) is 11.2. The molecule has 0 aliphatic rings. The molecular weight excluding hydrogens is 250 g/mol. The van der Waals surface area contributed by atoms with E-state index in [1.165, 1.54) is 0 Å². The Morgan fingerprint density at radius 1 is 1.42 bits per heavy atom. The Morgan fingerprint density at radius 2 is 2.16 bits per heavy atom. The van der Waals surface area contributed by atoms with Gasteiger partial charge in [-0.1, -0.05) is 18.5 Å². The quantitative estimate of drug-likeness (QED) is 0.738. The Kier molecular flexibility index (Phi) is 5.98. The highest BCUT2D eigenvalue weighted by molar-refractivity contribution is 5.90. The third kappa shape index (κ3) is 5.50. The fourth-order valence-corrected chi connectivity index (χ4v) is 1.74. The molecule has 0 aliphatic carbocycles. The van der Waals surface area contributed by atoms with Crippen molar-refractivity contribution in [3.05, 3.63) is 11.7 Å². The van der Waals surface area contributed by atoms with Gasteiger partial charge in [0, 0.05) is 19.9 Å². The second kappa shape index (κ2) is 7.50. The first kappa shape index (κ1) is 15.1. The van der Waals surface area contributed by atoms with Gasteiger partial charge in [-0.3, -0.25) is 9.59 Å². The molecule has 0 saturated heterocycles. The summed E-state index contributed by atoms with van der Waals surface area (Å²) in [4.78, 5) is 25.9. The molecule has 0 bridgehead atoms. The normalized spacial score (nSPS) is 12.1. The minimum absolute atomic E-state index is 0.0242. The van der Waals surface area contributed by atoms with Gasteiger partial charge in [0.15, 0.2) is 0 Å². The maximum Gasteiger partial charge on any atom is 0.303 e. The number of nitrogens with one attached hydrogen (secondary N) is 1. The van der Waals surface area contributed by atoms with Crippen molar-refractivity contribution in [1.29, 1.82) is 0 Å². The Bertz CT molecular complexity index is 430. The molecule has 19 heavy (non-hydrogen) atoms. The second-order valence-electron chi connectivity index (χ2n) is 4.39. The van der Waals surface area contributed by atoms with Crippen LogP contribution in [0.25, 0.3) is 0 Å². The van der Waals surface area contributed by atoms with Crippen molar-refractivity contribution < 1.29 is 19.2 Å². The van der Waals surface area contributed by atoms with E-state index in [4.69, 9.17) is 9.63 Å². The van der Waals surface area contributed by atoms with Gasteiger partial charge in [0.05, 0.1) is 0 Å². The van der Waals surface area contributed by atoms with Crippen molar-refractivity contribution in [3.63, 3.8) is 0 Å². The molecular formula is C12H19N3O4. The lowest BCUT2D eigenvalue weighted by Crippen LogP contribution is -2.27. The number of aryl methyl sites for hydroxylation is 1. The number of amides is 1. The van der Waals surface area contributed by atoms with Crippen LogP contribution in [0, 0.1) is 12.8 Å². The van der Waals surface area contributed by atoms with Gasteiger partial charge in [-0.05, 0) is 18.8 Å². The van der Waals surface area contributed by atoms with Gasteiger partial charge in [0.25, 0.3) is 11.7 Å². The first-order chi connectivity index (χ1) is 9.02. The smallest absolute Gasteiger partial charge is 0.303 e. The van der Waals surface area contributed by atoms with E-state index >= 15 is 0 Å². The van der Waals surface area contributed by atoms with Crippen molar-refractivity contribution in [2.24, 2.45) is 5.92 Å². The number of aliphatic carboxylic acids is 1. The number of hydrogen-bond donors (Lipinski definition) is 2. The van der Waals surface area contributed by atoms with E-state index in [2.05, 4.69) is 15.5 Å². The molecule has 1 heterocycles. The van der Waals surface area contributed by atoms with Crippen LogP contribution in [0.15, 0.2) is 4.52 Å². The van der Waals surface area contributed by atoms with Crippen molar-refractivity contribution >= 4 is 11.9 Å². The van der Waals surface area contributed by atoms with E-state index in [0.29, 0.717) is 24.8 Å². The fourth-order valence-electron chi connectivity index (χ4n) is 1.74. The van der Waals surface area contributed by atoms with Crippen LogP contribution in [-0.2, 0) is 4.79 Å². The Hall–Kier alpha value is -1.92. The van der Waals surface area contributed by atoms with Crippen LogP contribution >= 0.6 is 0 Å². The molecule has 1 unspecified atom stereocenters. The van der Waals surface area contributed by atoms with Crippen molar-refractivity contribution in [1.82, 2.24) is 15.5 Å². The average Bonchev–Trinajstić information content (AvgIpc) is 2.79. The molecule has 0 fully saturated rings. The molecule has 1 atom stereocenters. The molecule has 1 aromatic heterocycles. The number of hydrogen-bond acceptors (Lipinski definition) is 5. The first-order valence-corrected chi connectivity index (χ1v) is 6.33. The van der Waals surface area contributed by atoms with E-state index in [1.54, 1.807) is 6.92 Å². The van der Waals surface area contributed by atoms with E-state index in [-0.39, 0.29) is 18.2 Å². The molecule has 0 aromatic carbocycles. The Morgan fingerprint density at radius 3 is 2.68 bits per heavy atom. The molecule has 1 amide bonds. The zero-order chi connectivity index (χ0) is 14.3. The number of aromatic nitrogens is 2. The number of carbonyl (C=O) groups is 2. The van der Waals surface area contributed by atoms with Gasteiger partial charge in [-0.2, -0.15) is 4.98 Å². The molecule has 0 aliphatic heterocycles. The van der Waals surface area contributed by atoms with Crippen LogP contribution in [0.3, 0.4) is 0 Å². The standard InChI is InChI=1S/C12H19N3O4/c1-3-9(4-5-10(16)17)6-7-13-12(18)11-14-8(2)19-15-11/h9H,3-7H2,1-2H3,(H,13,18)(H,16,17). The highest BCUT2D eigenvalue weighted by atomic mass is 16.5. The van der Waals surface area contributed by atoms with Crippen molar-refractivity contribution in [2.75, 3.05) is 6.54 Å². The first-order valence-electron chi connectivity index (χ1n) is 6.33. The molecule has 2 N–H and O–H groups in total. The van der Waals surface area contributed by atoms with Gasteiger partial charge >= 0.3 is 5.97 Å². The highest BCUT2D eigenvalue weighted by Crippen LogP contribution is 2.14. The third-order valence-corrected chi connectivity index (χ3v) is 2.91. The van der Waals surface area contributed by atoms with E-state index in [9.17, 15) is 9.59 Å². The summed E-state index contributed by atoms with van der Waals surface area (Å²) in [5, 5.41) is 14.8. The minimum atomic E-state index is -0.787. The van der Waals surface area contributed by atoms with Gasteiger partial charge in [0.2, 0.25) is 5.89 Å². The SMILES string of the molecule is CCC(CCNC(=O)c1noc(C)n1)CCC(=O)O. The van der Waals surface area contributed by atoms with Gasteiger partial charge in [-0.15, -0.1) is 0 Å². The van der Waals surface area contributed by atoms with Gasteiger partial charge < -0.3 is 14.9 Å². The lowest BCUT2D eigenvalue weighted by atomic mass is 9.97. The van der Waals surface area contributed by atoms with Gasteiger partial charge in [-0.25, -0.2) is 0 Å². The summed E-state index contributed by atoms with van der Waals surface area (Å²) in [5.74, 6) is -0.493. The van der Waals surface area contributed by atoms with Crippen molar-refractivity contribution in [3.8, 4) is 0 Å². The summed E-state index contributed by atoms with van der Waals surface area (Å²) < 4.78 is 4.71. The van der Waals surface area contributed by atoms with Crippen LogP contribution in [0.2, 0.25) is 0 Å². The third-order valence-electron chi connectivity index (χ3n) is 2.91. The molecule has 1 aromatic rings. The Balaban J connectivity index is 2.28. The molecule has 7 nitrogen and oxygen atoms in total. The molecule has 0 spiro atoms. The fraction of sp³-hybridized carbons (Fsp3) is 0.667. The highest BCUT2D eigenvalue weighted by Gasteiger charge is 2.13. The maximum atomic E-state index is 11.6. The summed E-state index contributed by atoms with van der Waals surface area (Å²) in [7, 11) is 0. The predicted molar refractivity (Wildman–Crippen MR) is 66.6 cm³/mol. The van der Waals surface area contributed by atoms with Crippen LogP contribution in [0.1, 0.15) is 49.1 Å². The lowest BCUT2D eigenvalue weighted by Gasteiger charge is -2.13. The number of carboxylic acid groups (broad SMARTS) is 1. The molecule has 1 rings (SSSR count). The number of nitrogens with zero attached hydrogens (tertiary/aromatic N) is 2. The summed E-state index contributed by atoms with van der Waals surface area (Å²) in [6, 6.07) is 0. The molecule has 7 heteroatoms. The molecule has 0 saturated carbocycles. The number of carbonyl (C=O) groups excluding carboxylic acids is 1. The second-order valence-corrected chi connectivity index (χ2v) is 4.39. The maximum absolute atomic E-state index is 11.6. The largest absolute Gasteiger partial charge is 0.481 e. The minimum Gasteiger partial charge on any atom is -0.481 e. The number of carboxylic acids is 1. The van der Waals surface area contributed by atoms with E-state index in [0.717, 1.165) is 12.8 Å². The monoisotopic (exact) mass is 269 g/mol. The van der Waals surface area contributed by atoms with Gasteiger partial charge in [0.1, 0.15) is 0 Å². The van der Waals surface area contributed by atoms with Crippen molar-refractivity contribution in [2.45, 2.75) is 39.5 Å².